The minimum atomic E-state index is 0.272. The Morgan fingerprint density at radius 3 is 3.13 bits per heavy atom. The normalized spacial score (nSPS) is 20.5. The zero-order valence-electron chi connectivity index (χ0n) is 8.24. The van der Waals surface area contributed by atoms with Crippen molar-refractivity contribution in [2.24, 2.45) is 0 Å². The van der Waals surface area contributed by atoms with Crippen molar-refractivity contribution in [1.29, 1.82) is 0 Å². The van der Waals surface area contributed by atoms with Gasteiger partial charge in [0.15, 0.2) is 0 Å². The third-order valence-electron chi connectivity index (χ3n) is 2.23. The quantitative estimate of drug-likeness (QED) is 0.815. The van der Waals surface area contributed by atoms with Gasteiger partial charge in [0.1, 0.15) is 10.4 Å². The SMILES string of the molecule is Nc1cc(Br)nc(NCC2CCCO2)n1. The Balaban J connectivity index is 1.92. The smallest absolute Gasteiger partial charge is 0.225 e. The van der Waals surface area contributed by atoms with Gasteiger partial charge in [0.2, 0.25) is 5.95 Å². The van der Waals surface area contributed by atoms with E-state index in [4.69, 9.17) is 10.5 Å². The largest absolute Gasteiger partial charge is 0.383 e. The van der Waals surface area contributed by atoms with Crippen LogP contribution < -0.4 is 11.1 Å². The Morgan fingerprint density at radius 2 is 2.47 bits per heavy atom. The van der Waals surface area contributed by atoms with Crippen molar-refractivity contribution in [3.63, 3.8) is 0 Å². The van der Waals surface area contributed by atoms with Crippen LogP contribution in [0.2, 0.25) is 0 Å². The number of ether oxygens (including phenoxy) is 1. The summed E-state index contributed by atoms with van der Waals surface area (Å²) in [6, 6.07) is 1.66. The van der Waals surface area contributed by atoms with Crippen LogP contribution in [-0.4, -0.2) is 29.2 Å². The van der Waals surface area contributed by atoms with E-state index in [0.717, 1.165) is 26.0 Å². The molecule has 1 unspecified atom stereocenters. The lowest BCUT2D eigenvalue weighted by atomic mass is 10.2. The fraction of sp³-hybridized carbons (Fsp3) is 0.556. The number of halogens is 1. The third kappa shape index (κ3) is 3.04. The van der Waals surface area contributed by atoms with Gasteiger partial charge in [-0.25, -0.2) is 4.98 Å². The highest BCUT2D eigenvalue weighted by Gasteiger charge is 2.15. The molecule has 0 aliphatic carbocycles. The van der Waals surface area contributed by atoms with Crippen LogP contribution >= 0.6 is 15.9 Å². The molecule has 0 amide bonds. The number of aromatic nitrogens is 2. The minimum absolute atomic E-state index is 0.272. The Bertz CT molecular complexity index is 321. The molecule has 3 N–H and O–H groups in total. The van der Waals surface area contributed by atoms with Gasteiger partial charge in [0.05, 0.1) is 6.10 Å². The number of nitrogens with two attached hydrogens (primary N) is 1. The van der Waals surface area contributed by atoms with Gasteiger partial charge >= 0.3 is 0 Å². The molecule has 0 aromatic carbocycles. The first-order valence-corrected chi connectivity index (χ1v) is 5.69. The second-order valence-corrected chi connectivity index (χ2v) is 4.27. The van der Waals surface area contributed by atoms with E-state index in [1.807, 2.05) is 0 Å². The summed E-state index contributed by atoms with van der Waals surface area (Å²) in [4.78, 5) is 8.22. The zero-order valence-corrected chi connectivity index (χ0v) is 9.83. The van der Waals surface area contributed by atoms with Gasteiger partial charge in [-0.15, -0.1) is 0 Å². The number of nitrogen functional groups attached to an aromatic ring is 1. The first kappa shape index (κ1) is 10.6. The average Bonchev–Trinajstić information content (AvgIpc) is 2.65. The maximum atomic E-state index is 5.59. The van der Waals surface area contributed by atoms with E-state index in [1.165, 1.54) is 0 Å². The molecule has 1 saturated heterocycles. The monoisotopic (exact) mass is 272 g/mol. The van der Waals surface area contributed by atoms with Crippen LogP contribution in [0.25, 0.3) is 0 Å². The molecule has 1 aromatic rings. The van der Waals surface area contributed by atoms with Crippen molar-refractivity contribution >= 4 is 27.7 Å². The zero-order chi connectivity index (χ0) is 10.7. The van der Waals surface area contributed by atoms with Crippen LogP contribution in [-0.2, 0) is 4.74 Å². The van der Waals surface area contributed by atoms with E-state index in [-0.39, 0.29) is 6.10 Å². The molecule has 1 aromatic heterocycles. The van der Waals surface area contributed by atoms with Gasteiger partial charge in [-0.2, -0.15) is 4.98 Å². The number of rotatable bonds is 3. The van der Waals surface area contributed by atoms with E-state index in [0.29, 0.717) is 16.4 Å². The van der Waals surface area contributed by atoms with Crippen molar-refractivity contribution in [2.45, 2.75) is 18.9 Å². The Labute approximate surface area is 96.6 Å². The van der Waals surface area contributed by atoms with Crippen LogP contribution in [0.1, 0.15) is 12.8 Å². The highest BCUT2D eigenvalue weighted by Crippen LogP contribution is 2.15. The molecule has 0 spiro atoms. The van der Waals surface area contributed by atoms with E-state index in [2.05, 4.69) is 31.2 Å². The topological polar surface area (TPSA) is 73.1 Å². The number of anilines is 2. The molecule has 1 aliphatic heterocycles. The second kappa shape index (κ2) is 4.76. The average molecular weight is 273 g/mol. The van der Waals surface area contributed by atoms with Gasteiger partial charge in [0, 0.05) is 19.2 Å². The van der Waals surface area contributed by atoms with Gasteiger partial charge in [-0.1, -0.05) is 0 Å². The summed E-state index contributed by atoms with van der Waals surface area (Å²) in [6.45, 7) is 1.59. The standard InChI is InChI=1S/C9H13BrN4O/c10-7-4-8(11)14-9(13-7)12-5-6-2-1-3-15-6/h4,6H,1-3,5H2,(H3,11,12,13,14). The summed E-state index contributed by atoms with van der Waals surface area (Å²) < 4.78 is 6.16. The Kier molecular flexibility index (Phi) is 3.37. The van der Waals surface area contributed by atoms with E-state index >= 15 is 0 Å². The molecule has 0 radical (unpaired) electrons. The highest BCUT2D eigenvalue weighted by atomic mass is 79.9. The van der Waals surface area contributed by atoms with Crippen LogP contribution in [0.15, 0.2) is 10.7 Å². The molecule has 5 nitrogen and oxygen atoms in total. The molecule has 0 saturated carbocycles. The number of hydrogen-bond donors (Lipinski definition) is 2. The van der Waals surface area contributed by atoms with Crippen LogP contribution in [0, 0.1) is 0 Å². The van der Waals surface area contributed by atoms with Crippen molar-refractivity contribution in [3.8, 4) is 0 Å². The molecule has 2 heterocycles. The molecular formula is C9H13BrN4O. The number of nitrogens with zero attached hydrogens (tertiary/aromatic N) is 2. The lowest BCUT2D eigenvalue weighted by Gasteiger charge is -2.10. The predicted octanol–water partition coefficient (Wildman–Crippen LogP) is 1.41. The van der Waals surface area contributed by atoms with Crippen molar-refractivity contribution < 1.29 is 4.74 Å². The third-order valence-corrected chi connectivity index (χ3v) is 2.63. The molecule has 1 atom stereocenters. The Hall–Kier alpha value is -0.880. The van der Waals surface area contributed by atoms with E-state index in [9.17, 15) is 0 Å². The molecule has 0 bridgehead atoms. The highest BCUT2D eigenvalue weighted by molar-refractivity contribution is 9.10. The maximum Gasteiger partial charge on any atom is 0.225 e. The van der Waals surface area contributed by atoms with Crippen molar-refractivity contribution in [1.82, 2.24) is 9.97 Å². The fourth-order valence-corrected chi connectivity index (χ4v) is 1.93. The van der Waals surface area contributed by atoms with E-state index < -0.39 is 0 Å². The first-order valence-electron chi connectivity index (χ1n) is 4.89. The second-order valence-electron chi connectivity index (χ2n) is 3.46. The fourth-order valence-electron chi connectivity index (χ4n) is 1.52. The van der Waals surface area contributed by atoms with Crippen LogP contribution in [0.5, 0.6) is 0 Å². The molecule has 2 rings (SSSR count). The lowest BCUT2D eigenvalue weighted by molar-refractivity contribution is 0.120. The molecule has 1 fully saturated rings. The summed E-state index contributed by atoms with van der Waals surface area (Å²) >= 11 is 3.26. The van der Waals surface area contributed by atoms with Crippen LogP contribution in [0.3, 0.4) is 0 Å². The maximum absolute atomic E-state index is 5.59. The molecule has 15 heavy (non-hydrogen) atoms. The summed E-state index contributed by atoms with van der Waals surface area (Å²) in [6.07, 6.45) is 2.50. The van der Waals surface area contributed by atoms with Gasteiger partial charge < -0.3 is 15.8 Å². The summed E-state index contributed by atoms with van der Waals surface area (Å²) in [7, 11) is 0. The van der Waals surface area contributed by atoms with Gasteiger partial charge in [0.25, 0.3) is 0 Å². The predicted molar refractivity (Wildman–Crippen MR) is 61.6 cm³/mol. The van der Waals surface area contributed by atoms with Crippen LogP contribution in [0.4, 0.5) is 11.8 Å². The van der Waals surface area contributed by atoms with Gasteiger partial charge in [-0.3, -0.25) is 0 Å². The molecule has 6 heteroatoms. The molecule has 82 valence electrons. The number of hydrogen-bond acceptors (Lipinski definition) is 5. The molecule has 1 aliphatic rings. The summed E-state index contributed by atoms with van der Waals surface area (Å²) in [5.41, 5.74) is 5.59. The van der Waals surface area contributed by atoms with E-state index in [1.54, 1.807) is 6.07 Å². The van der Waals surface area contributed by atoms with Crippen molar-refractivity contribution in [2.75, 3.05) is 24.2 Å². The van der Waals surface area contributed by atoms with Gasteiger partial charge in [-0.05, 0) is 28.8 Å². The van der Waals surface area contributed by atoms with Crippen molar-refractivity contribution in [3.05, 3.63) is 10.7 Å². The Morgan fingerprint density at radius 1 is 1.60 bits per heavy atom. The summed E-state index contributed by atoms with van der Waals surface area (Å²) in [5, 5.41) is 3.11. The first-order chi connectivity index (χ1) is 7.24. The minimum Gasteiger partial charge on any atom is -0.383 e. The molecular weight excluding hydrogens is 260 g/mol. The lowest BCUT2D eigenvalue weighted by Crippen LogP contribution is -2.19. The number of nitrogens with one attached hydrogen (secondary N) is 1. The summed E-state index contributed by atoms with van der Waals surface area (Å²) in [5.74, 6) is 0.990.